The Morgan fingerprint density at radius 1 is 1.32 bits per heavy atom. The molecule has 0 spiro atoms. The van der Waals surface area contributed by atoms with Gasteiger partial charge in [-0.2, -0.15) is 0 Å². The number of nitrogens with two attached hydrogens (primary N) is 1. The van der Waals surface area contributed by atoms with Gasteiger partial charge in [0.2, 0.25) is 11.8 Å². The van der Waals surface area contributed by atoms with E-state index in [0.29, 0.717) is 13.1 Å². The number of amides is 2. The molecule has 1 saturated heterocycles. The molecule has 1 aromatic rings. The minimum absolute atomic E-state index is 0.0590. The van der Waals surface area contributed by atoms with Crippen molar-refractivity contribution in [2.45, 2.75) is 12.8 Å². The minimum atomic E-state index is -0.270. The number of anilines is 1. The van der Waals surface area contributed by atoms with Gasteiger partial charge in [-0.15, -0.1) is 0 Å². The average Bonchev–Trinajstić information content (AvgIpc) is 2.40. The molecule has 1 atom stereocenters. The number of hydrogen-bond acceptors (Lipinski definition) is 3. The highest BCUT2D eigenvalue weighted by Crippen LogP contribution is 2.15. The molecule has 3 N–H and O–H groups in total. The number of carbonyl (C=O) groups is 2. The monoisotopic (exact) mass is 261 g/mol. The average molecular weight is 261 g/mol. The molecule has 0 bridgehead atoms. The van der Waals surface area contributed by atoms with Gasteiger partial charge >= 0.3 is 0 Å². The highest BCUT2D eigenvalue weighted by molar-refractivity contribution is 5.92. The number of piperidine rings is 1. The molecular formula is C14H19N3O2. The van der Waals surface area contributed by atoms with Gasteiger partial charge in [-0.05, 0) is 31.5 Å². The lowest BCUT2D eigenvalue weighted by Crippen LogP contribution is -2.44. The molecule has 2 rings (SSSR count). The SMILES string of the molecule is NC(=O)[C@@H]1CCCN(CC(=O)Nc2ccccc2)C1. The Kier molecular flexibility index (Phi) is 4.52. The first kappa shape index (κ1) is 13.5. The third kappa shape index (κ3) is 4.06. The van der Waals surface area contributed by atoms with E-state index in [1.165, 1.54) is 0 Å². The van der Waals surface area contributed by atoms with Crippen molar-refractivity contribution >= 4 is 17.5 Å². The summed E-state index contributed by atoms with van der Waals surface area (Å²) in [6.45, 7) is 1.72. The maximum absolute atomic E-state index is 11.9. The third-order valence-electron chi connectivity index (χ3n) is 3.33. The number of benzene rings is 1. The summed E-state index contributed by atoms with van der Waals surface area (Å²) in [7, 11) is 0. The van der Waals surface area contributed by atoms with Crippen molar-refractivity contribution in [2.75, 3.05) is 25.0 Å². The first-order valence-corrected chi connectivity index (χ1v) is 6.52. The first-order valence-electron chi connectivity index (χ1n) is 6.52. The highest BCUT2D eigenvalue weighted by atomic mass is 16.2. The third-order valence-corrected chi connectivity index (χ3v) is 3.33. The van der Waals surface area contributed by atoms with Crippen molar-refractivity contribution < 1.29 is 9.59 Å². The Labute approximate surface area is 112 Å². The number of rotatable bonds is 4. The van der Waals surface area contributed by atoms with Crippen LogP contribution in [0.3, 0.4) is 0 Å². The van der Waals surface area contributed by atoms with Crippen LogP contribution in [0.1, 0.15) is 12.8 Å². The number of hydrogen-bond donors (Lipinski definition) is 2. The van der Waals surface area contributed by atoms with E-state index >= 15 is 0 Å². The van der Waals surface area contributed by atoms with Gasteiger partial charge in [-0.1, -0.05) is 18.2 Å². The van der Waals surface area contributed by atoms with E-state index in [2.05, 4.69) is 5.32 Å². The standard InChI is InChI=1S/C14H19N3O2/c15-14(19)11-5-4-8-17(9-11)10-13(18)16-12-6-2-1-3-7-12/h1-3,6-7,11H,4-5,8-10H2,(H2,15,19)(H,16,18)/t11-/m1/s1. The van der Waals surface area contributed by atoms with Gasteiger partial charge in [0, 0.05) is 12.2 Å². The summed E-state index contributed by atoms with van der Waals surface area (Å²) in [6, 6.07) is 9.34. The summed E-state index contributed by atoms with van der Waals surface area (Å²) in [4.78, 5) is 25.0. The fourth-order valence-electron chi connectivity index (χ4n) is 2.36. The molecule has 0 aliphatic carbocycles. The van der Waals surface area contributed by atoms with E-state index < -0.39 is 0 Å². The molecular weight excluding hydrogens is 242 g/mol. The Hall–Kier alpha value is -1.88. The van der Waals surface area contributed by atoms with Gasteiger partial charge in [-0.25, -0.2) is 0 Å². The molecule has 0 unspecified atom stereocenters. The summed E-state index contributed by atoms with van der Waals surface area (Å²) in [5.74, 6) is -0.456. The Balaban J connectivity index is 1.83. The van der Waals surface area contributed by atoms with Gasteiger partial charge in [0.05, 0.1) is 12.5 Å². The number of likely N-dealkylation sites (tertiary alicyclic amines) is 1. The molecule has 1 aliphatic heterocycles. The van der Waals surface area contributed by atoms with Gasteiger partial charge in [0.25, 0.3) is 0 Å². The van der Waals surface area contributed by atoms with Crippen molar-refractivity contribution in [1.82, 2.24) is 4.90 Å². The Bertz CT molecular complexity index is 447. The molecule has 5 nitrogen and oxygen atoms in total. The normalized spacial score (nSPS) is 19.9. The zero-order valence-electron chi connectivity index (χ0n) is 10.8. The molecule has 1 aliphatic rings. The van der Waals surface area contributed by atoms with Gasteiger partial charge in [-0.3, -0.25) is 14.5 Å². The summed E-state index contributed by atoms with van der Waals surface area (Å²) < 4.78 is 0. The Morgan fingerprint density at radius 3 is 2.74 bits per heavy atom. The molecule has 2 amide bonds. The van der Waals surface area contributed by atoms with Crippen LogP contribution in [0.4, 0.5) is 5.69 Å². The molecule has 5 heteroatoms. The quantitative estimate of drug-likeness (QED) is 0.842. The van der Waals surface area contributed by atoms with E-state index in [9.17, 15) is 9.59 Å². The van der Waals surface area contributed by atoms with E-state index in [-0.39, 0.29) is 17.7 Å². The highest BCUT2D eigenvalue weighted by Gasteiger charge is 2.24. The molecule has 1 fully saturated rings. The lowest BCUT2D eigenvalue weighted by atomic mass is 9.97. The molecule has 19 heavy (non-hydrogen) atoms. The van der Waals surface area contributed by atoms with Gasteiger partial charge in [0.15, 0.2) is 0 Å². The van der Waals surface area contributed by atoms with Crippen LogP contribution in [0, 0.1) is 5.92 Å². The first-order chi connectivity index (χ1) is 9.15. The zero-order valence-corrected chi connectivity index (χ0v) is 10.8. The predicted molar refractivity (Wildman–Crippen MR) is 73.4 cm³/mol. The summed E-state index contributed by atoms with van der Waals surface area (Å²) in [5.41, 5.74) is 6.11. The number of para-hydroxylation sites is 1. The summed E-state index contributed by atoms with van der Waals surface area (Å²) >= 11 is 0. The maximum Gasteiger partial charge on any atom is 0.238 e. The lowest BCUT2D eigenvalue weighted by molar-refractivity contribution is -0.125. The van der Waals surface area contributed by atoms with Crippen LogP contribution in [0.2, 0.25) is 0 Å². The summed E-state index contributed by atoms with van der Waals surface area (Å²) in [5, 5.41) is 2.84. The number of primary amides is 1. The smallest absolute Gasteiger partial charge is 0.238 e. The van der Waals surface area contributed by atoms with Crippen LogP contribution in [0.15, 0.2) is 30.3 Å². The maximum atomic E-state index is 11.9. The minimum Gasteiger partial charge on any atom is -0.369 e. The number of nitrogens with one attached hydrogen (secondary N) is 1. The van der Waals surface area contributed by atoms with Crippen LogP contribution < -0.4 is 11.1 Å². The van der Waals surface area contributed by atoms with E-state index in [1.54, 1.807) is 0 Å². The van der Waals surface area contributed by atoms with Crippen molar-refractivity contribution in [3.63, 3.8) is 0 Å². The van der Waals surface area contributed by atoms with Crippen molar-refractivity contribution in [2.24, 2.45) is 11.7 Å². The van der Waals surface area contributed by atoms with Crippen LogP contribution in [-0.2, 0) is 9.59 Å². The van der Waals surface area contributed by atoms with Crippen LogP contribution in [-0.4, -0.2) is 36.3 Å². The van der Waals surface area contributed by atoms with Crippen LogP contribution in [0.5, 0.6) is 0 Å². The van der Waals surface area contributed by atoms with Crippen molar-refractivity contribution in [3.05, 3.63) is 30.3 Å². The topological polar surface area (TPSA) is 75.4 Å². The molecule has 0 aromatic heterocycles. The van der Waals surface area contributed by atoms with Crippen molar-refractivity contribution in [3.8, 4) is 0 Å². The molecule has 102 valence electrons. The number of nitrogens with zero attached hydrogens (tertiary/aromatic N) is 1. The second-order valence-corrected chi connectivity index (χ2v) is 4.89. The van der Waals surface area contributed by atoms with Crippen LogP contribution >= 0.6 is 0 Å². The predicted octanol–water partition coefficient (Wildman–Crippen LogP) is 0.822. The van der Waals surface area contributed by atoms with Gasteiger partial charge < -0.3 is 11.1 Å². The molecule has 1 aromatic carbocycles. The molecule has 0 radical (unpaired) electrons. The van der Waals surface area contributed by atoms with Gasteiger partial charge in [0.1, 0.15) is 0 Å². The van der Waals surface area contributed by atoms with E-state index in [1.807, 2.05) is 35.2 Å². The summed E-state index contributed by atoms with van der Waals surface area (Å²) in [6.07, 6.45) is 1.73. The van der Waals surface area contributed by atoms with E-state index in [4.69, 9.17) is 5.73 Å². The van der Waals surface area contributed by atoms with Crippen LogP contribution in [0.25, 0.3) is 0 Å². The molecule has 1 heterocycles. The van der Waals surface area contributed by atoms with Crippen molar-refractivity contribution in [1.29, 1.82) is 0 Å². The molecule has 0 saturated carbocycles. The fourth-order valence-corrected chi connectivity index (χ4v) is 2.36. The zero-order chi connectivity index (χ0) is 13.7. The second kappa shape index (κ2) is 6.33. The largest absolute Gasteiger partial charge is 0.369 e. The van der Waals surface area contributed by atoms with E-state index in [0.717, 1.165) is 25.1 Å². The number of carbonyl (C=O) groups excluding carboxylic acids is 2. The lowest BCUT2D eigenvalue weighted by Gasteiger charge is -2.30. The fraction of sp³-hybridized carbons (Fsp3) is 0.429. The Morgan fingerprint density at radius 2 is 2.05 bits per heavy atom. The second-order valence-electron chi connectivity index (χ2n) is 4.89.